The molecule has 3 nitrogen and oxygen atoms in total. The van der Waals surface area contributed by atoms with E-state index in [4.69, 9.17) is 9.72 Å². The molecule has 3 aromatic rings. The maximum absolute atomic E-state index is 5.02. The second kappa shape index (κ2) is 8.96. The second-order valence-corrected chi connectivity index (χ2v) is 6.52. The molecule has 0 bridgehead atoms. The predicted molar refractivity (Wildman–Crippen MR) is 118 cm³/mol. The maximum Gasteiger partial charge on any atom is 0.111 e. The molecule has 0 fully saturated rings. The highest BCUT2D eigenvalue weighted by molar-refractivity contribution is 6.00. The molecule has 0 saturated heterocycles. The zero-order valence-corrected chi connectivity index (χ0v) is 16.4. The molecular weight excluding hydrogens is 344 g/mol. The number of hydrogen-bond acceptors (Lipinski definition) is 3. The van der Waals surface area contributed by atoms with Crippen LogP contribution in [0.4, 0.5) is 0 Å². The fourth-order valence-corrected chi connectivity index (χ4v) is 2.72. The molecule has 140 valence electrons. The first-order valence-corrected chi connectivity index (χ1v) is 9.13. The molecule has 3 rings (SSSR count). The van der Waals surface area contributed by atoms with Crippen LogP contribution in [0.15, 0.2) is 102 Å². The Morgan fingerprint density at radius 3 is 2.54 bits per heavy atom. The minimum absolute atomic E-state index is 0.580. The van der Waals surface area contributed by atoms with Crippen LogP contribution < -0.4 is 0 Å². The van der Waals surface area contributed by atoms with E-state index in [9.17, 15) is 0 Å². The summed E-state index contributed by atoms with van der Waals surface area (Å²) >= 11 is 0. The summed E-state index contributed by atoms with van der Waals surface area (Å²) in [5.74, 6) is 0.587. The van der Waals surface area contributed by atoms with Crippen LogP contribution in [0.5, 0.6) is 0 Å². The van der Waals surface area contributed by atoms with Gasteiger partial charge in [-0.2, -0.15) is 0 Å². The highest BCUT2D eigenvalue weighted by atomic mass is 16.5. The van der Waals surface area contributed by atoms with Crippen LogP contribution in [-0.2, 0) is 11.3 Å². The first-order chi connectivity index (χ1) is 13.6. The lowest BCUT2D eigenvalue weighted by molar-refractivity contribution is 0.309. The van der Waals surface area contributed by atoms with Gasteiger partial charge in [-0.05, 0) is 36.3 Å². The highest BCUT2D eigenvalue weighted by Crippen LogP contribution is 2.22. The van der Waals surface area contributed by atoms with Crippen LogP contribution in [0.1, 0.15) is 12.5 Å². The first kappa shape index (κ1) is 19.3. The summed E-state index contributed by atoms with van der Waals surface area (Å²) in [4.78, 5) is 9.48. The molecule has 0 unspecified atom stereocenters. The highest BCUT2D eigenvalue weighted by Gasteiger charge is 2.03. The van der Waals surface area contributed by atoms with Gasteiger partial charge in [0, 0.05) is 16.7 Å². The van der Waals surface area contributed by atoms with E-state index in [0.29, 0.717) is 12.3 Å². The number of fused-ring (bicyclic) bond motifs is 1. The number of methoxy groups -OCH3 is 1. The molecule has 0 N–H and O–H groups in total. The van der Waals surface area contributed by atoms with Crippen molar-refractivity contribution in [2.75, 3.05) is 7.11 Å². The SMILES string of the molecule is C=C(C=CC(=C)C(C)=NCc1ccc2ccc(-c3ccccc3)nc2c1)OC. The van der Waals surface area contributed by atoms with Crippen LogP contribution in [0.3, 0.4) is 0 Å². The van der Waals surface area contributed by atoms with E-state index < -0.39 is 0 Å². The Labute approximate surface area is 166 Å². The molecule has 2 aromatic carbocycles. The Balaban J connectivity index is 1.79. The van der Waals surface area contributed by atoms with E-state index in [1.54, 1.807) is 13.2 Å². The van der Waals surface area contributed by atoms with Crippen LogP contribution >= 0.6 is 0 Å². The van der Waals surface area contributed by atoms with Crippen molar-refractivity contribution >= 4 is 16.6 Å². The lowest BCUT2D eigenvalue weighted by atomic mass is 10.1. The van der Waals surface area contributed by atoms with Crippen LogP contribution in [0.2, 0.25) is 0 Å². The van der Waals surface area contributed by atoms with Gasteiger partial charge < -0.3 is 4.74 Å². The molecule has 3 heteroatoms. The van der Waals surface area contributed by atoms with Crippen molar-refractivity contribution < 1.29 is 4.74 Å². The summed E-state index contributed by atoms with van der Waals surface area (Å²) in [6, 6.07) is 20.7. The summed E-state index contributed by atoms with van der Waals surface area (Å²) in [7, 11) is 1.59. The fraction of sp³-hybridized carbons (Fsp3) is 0.120. The number of ether oxygens (including phenoxy) is 1. The first-order valence-electron chi connectivity index (χ1n) is 9.13. The van der Waals surface area contributed by atoms with Crippen molar-refractivity contribution in [2.45, 2.75) is 13.5 Å². The molecule has 1 heterocycles. The summed E-state index contributed by atoms with van der Waals surface area (Å²) in [6.45, 7) is 10.3. The van der Waals surface area contributed by atoms with Crippen molar-refractivity contribution in [2.24, 2.45) is 4.99 Å². The Hall–Kier alpha value is -3.46. The normalized spacial score (nSPS) is 11.7. The number of pyridine rings is 1. The van der Waals surface area contributed by atoms with Crippen molar-refractivity contribution in [3.05, 3.63) is 103 Å². The van der Waals surface area contributed by atoms with E-state index in [2.05, 4.69) is 60.6 Å². The van der Waals surface area contributed by atoms with Gasteiger partial charge >= 0.3 is 0 Å². The second-order valence-electron chi connectivity index (χ2n) is 6.52. The summed E-state index contributed by atoms with van der Waals surface area (Å²) in [5, 5.41) is 1.12. The van der Waals surface area contributed by atoms with Gasteiger partial charge in [0.25, 0.3) is 0 Å². The van der Waals surface area contributed by atoms with Crippen LogP contribution in [-0.4, -0.2) is 17.8 Å². The Kier molecular flexibility index (Phi) is 6.18. The van der Waals surface area contributed by atoms with Gasteiger partial charge in [-0.25, -0.2) is 4.98 Å². The van der Waals surface area contributed by atoms with E-state index in [1.807, 2.05) is 31.2 Å². The van der Waals surface area contributed by atoms with Gasteiger partial charge in [0.15, 0.2) is 0 Å². The third kappa shape index (κ3) is 4.83. The Morgan fingerprint density at radius 1 is 1.04 bits per heavy atom. The number of benzene rings is 2. The smallest absolute Gasteiger partial charge is 0.111 e. The van der Waals surface area contributed by atoms with E-state index >= 15 is 0 Å². The summed E-state index contributed by atoms with van der Waals surface area (Å²) < 4.78 is 5.02. The zero-order valence-electron chi connectivity index (χ0n) is 16.4. The number of hydrogen-bond donors (Lipinski definition) is 0. The number of rotatable bonds is 7. The maximum atomic E-state index is 5.02. The molecular formula is C25H24N2O. The van der Waals surface area contributed by atoms with Crippen LogP contribution in [0, 0.1) is 0 Å². The minimum Gasteiger partial charge on any atom is -0.497 e. The Morgan fingerprint density at radius 2 is 1.79 bits per heavy atom. The standard InChI is InChI=1S/C25H24N2O/c1-18(10-11-19(2)28-4)20(3)26-17-21-12-13-23-14-15-24(27-25(23)16-21)22-8-6-5-7-9-22/h5-16H,1-2,17H2,3-4H3. The third-order valence-electron chi connectivity index (χ3n) is 4.52. The van der Waals surface area contributed by atoms with Gasteiger partial charge in [-0.15, -0.1) is 0 Å². The number of aromatic nitrogens is 1. The summed E-state index contributed by atoms with van der Waals surface area (Å²) in [5.41, 5.74) is 5.89. The minimum atomic E-state index is 0.580. The lowest BCUT2D eigenvalue weighted by Gasteiger charge is -2.06. The molecule has 0 atom stereocenters. The average Bonchev–Trinajstić information content (AvgIpc) is 2.75. The Bertz CT molecular complexity index is 1060. The monoisotopic (exact) mass is 368 g/mol. The number of allylic oxidation sites excluding steroid dienone is 3. The van der Waals surface area contributed by atoms with Crippen molar-refractivity contribution in [1.29, 1.82) is 0 Å². The van der Waals surface area contributed by atoms with E-state index in [1.165, 1.54) is 0 Å². The number of aliphatic imine (C=N–C) groups is 1. The quantitative estimate of drug-likeness (QED) is 0.285. The van der Waals surface area contributed by atoms with E-state index in [-0.39, 0.29) is 0 Å². The third-order valence-corrected chi connectivity index (χ3v) is 4.52. The van der Waals surface area contributed by atoms with Gasteiger partial charge in [0.1, 0.15) is 5.76 Å². The lowest BCUT2D eigenvalue weighted by Crippen LogP contribution is -1.95. The average molecular weight is 368 g/mol. The van der Waals surface area contributed by atoms with Crippen LogP contribution in [0.25, 0.3) is 22.2 Å². The molecule has 0 spiro atoms. The van der Waals surface area contributed by atoms with E-state index in [0.717, 1.165) is 39.0 Å². The molecule has 0 aliphatic carbocycles. The van der Waals surface area contributed by atoms with Gasteiger partial charge in [-0.3, -0.25) is 4.99 Å². The largest absolute Gasteiger partial charge is 0.497 e. The fourth-order valence-electron chi connectivity index (χ4n) is 2.72. The zero-order chi connectivity index (χ0) is 19.9. The molecule has 28 heavy (non-hydrogen) atoms. The van der Waals surface area contributed by atoms with Gasteiger partial charge in [0.2, 0.25) is 0 Å². The molecule has 0 amide bonds. The molecule has 0 aliphatic heterocycles. The predicted octanol–water partition coefficient (Wildman–Crippen LogP) is 6.14. The van der Waals surface area contributed by atoms with Crippen molar-refractivity contribution in [3.8, 4) is 11.3 Å². The summed E-state index contributed by atoms with van der Waals surface area (Å²) in [6.07, 6.45) is 3.64. The topological polar surface area (TPSA) is 34.5 Å². The van der Waals surface area contributed by atoms with Crippen molar-refractivity contribution in [3.63, 3.8) is 0 Å². The van der Waals surface area contributed by atoms with Gasteiger partial charge in [-0.1, -0.05) is 67.8 Å². The van der Waals surface area contributed by atoms with Gasteiger partial charge in [0.05, 0.1) is 24.9 Å². The molecule has 0 radical (unpaired) electrons. The number of nitrogens with zero attached hydrogens (tertiary/aromatic N) is 2. The molecule has 0 saturated carbocycles. The molecule has 0 aliphatic rings. The molecule has 1 aromatic heterocycles. The van der Waals surface area contributed by atoms with Crippen molar-refractivity contribution in [1.82, 2.24) is 4.98 Å².